The molecule has 3 aromatic rings. The van der Waals surface area contributed by atoms with Gasteiger partial charge in [-0.3, -0.25) is 9.59 Å². The number of hydrogen-bond donors (Lipinski definition) is 1. The third-order valence-electron chi connectivity index (χ3n) is 5.72. The topological polar surface area (TPSA) is 64.0 Å². The number of carbonyl (C=O) groups excluding carboxylic acids is 1. The minimum absolute atomic E-state index is 0.183. The Kier molecular flexibility index (Phi) is 6.07. The number of hydrogen-bond acceptors (Lipinski definition) is 3. The van der Waals surface area contributed by atoms with Crippen LogP contribution in [0.25, 0.3) is 0 Å². The summed E-state index contributed by atoms with van der Waals surface area (Å²) in [6.07, 6.45) is 2.98. The van der Waals surface area contributed by atoms with Gasteiger partial charge < -0.3 is 5.32 Å². The Morgan fingerprint density at radius 3 is 2.17 bits per heavy atom. The van der Waals surface area contributed by atoms with Gasteiger partial charge in [-0.1, -0.05) is 60.7 Å². The quantitative estimate of drug-likeness (QED) is 0.620. The van der Waals surface area contributed by atoms with E-state index >= 15 is 0 Å². The highest BCUT2D eigenvalue weighted by Gasteiger charge is 2.27. The van der Waals surface area contributed by atoms with Crippen molar-refractivity contribution in [2.45, 2.75) is 44.1 Å². The molecule has 0 aliphatic heterocycles. The van der Waals surface area contributed by atoms with Crippen LogP contribution < -0.4 is 10.9 Å². The van der Waals surface area contributed by atoms with Crippen LogP contribution in [0.1, 0.15) is 60.9 Å². The minimum Gasteiger partial charge on any atom is -0.354 e. The molecule has 1 fully saturated rings. The molecule has 1 amide bonds. The van der Waals surface area contributed by atoms with Gasteiger partial charge in [-0.25, -0.2) is 4.68 Å². The molecule has 1 atom stereocenters. The first-order chi connectivity index (χ1) is 14.6. The third kappa shape index (κ3) is 4.67. The van der Waals surface area contributed by atoms with Crippen LogP contribution in [0.2, 0.25) is 0 Å². The van der Waals surface area contributed by atoms with Crippen molar-refractivity contribution in [2.24, 2.45) is 0 Å². The Morgan fingerprint density at radius 1 is 1.00 bits per heavy atom. The van der Waals surface area contributed by atoms with Crippen LogP contribution in [-0.4, -0.2) is 22.2 Å². The first kappa shape index (κ1) is 20.1. The average Bonchev–Trinajstić information content (AvgIpc) is 3.63. The highest BCUT2D eigenvalue weighted by molar-refractivity contribution is 5.79. The van der Waals surface area contributed by atoms with E-state index in [-0.39, 0.29) is 17.4 Å². The SMILES string of the molecule is CC(C(=O)NCCC(c1ccccc1)c1ccccc1)n1nc(C2CC2)ccc1=O. The molecule has 0 spiro atoms. The van der Waals surface area contributed by atoms with Crippen molar-refractivity contribution in [3.63, 3.8) is 0 Å². The zero-order valence-corrected chi connectivity index (χ0v) is 17.2. The monoisotopic (exact) mass is 401 g/mol. The summed E-state index contributed by atoms with van der Waals surface area (Å²) in [7, 11) is 0. The molecule has 0 saturated heterocycles. The summed E-state index contributed by atoms with van der Waals surface area (Å²) in [6.45, 7) is 2.25. The van der Waals surface area contributed by atoms with Gasteiger partial charge in [0.2, 0.25) is 5.91 Å². The van der Waals surface area contributed by atoms with E-state index in [1.807, 2.05) is 36.4 Å². The maximum Gasteiger partial charge on any atom is 0.267 e. The van der Waals surface area contributed by atoms with Crippen molar-refractivity contribution in [1.82, 2.24) is 15.1 Å². The van der Waals surface area contributed by atoms with E-state index in [2.05, 4.69) is 34.7 Å². The lowest BCUT2D eigenvalue weighted by Crippen LogP contribution is -2.37. The smallest absolute Gasteiger partial charge is 0.267 e. The molecule has 1 saturated carbocycles. The van der Waals surface area contributed by atoms with Crippen LogP contribution in [0, 0.1) is 0 Å². The van der Waals surface area contributed by atoms with Crippen molar-refractivity contribution in [3.05, 3.63) is 100.0 Å². The van der Waals surface area contributed by atoms with Gasteiger partial charge in [0, 0.05) is 24.4 Å². The first-order valence-corrected chi connectivity index (χ1v) is 10.6. The Bertz CT molecular complexity index is 1000. The molecule has 4 rings (SSSR count). The molecule has 1 aliphatic carbocycles. The van der Waals surface area contributed by atoms with E-state index in [1.54, 1.807) is 13.0 Å². The fraction of sp³-hybridized carbons (Fsp3) is 0.320. The van der Waals surface area contributed by atoms with E-state index in [0.29, 0.717) is 12.5 Å². The molecule has 5 heteroatoms. The normalized spacial score (nSPS) is 14.5. The maximum absolute atomic E-state index is 12.7. The number of nitrogens with zero attached hydrogens (tertiary/aromatic N) is 2. The third-order valence-corrected chi connectivity index (χ3v) is 5.72. The Hall–Kier alpha value is -3.21. The minimum atomic E-state index is -0.636. The van der Waals surface area contributed by atoms with Gasteiger partial charge in [0.25, 0.3) is 5.56 Å². The zero-order valence-electron chi connectivity index (χ0n) is 17.2. The molecular formula is C25H27N3O2. The fourth-order valence-corrected chi connectivity index (χ4v) is 3.81. The number of amides is 1. The standard InChI is InChI=1S/C25H27N3O2/c1-18(28-24(29)15-14-23(27-28)21-12-13-21)25(30)26-17-16-22(19-8-4-2-5-9-19)20-10-6-3-7-11-20/h2-11,14-15,18,21-22H,12-13,16-17H2,1H3,(H,26,30). The van der Waals surface area contributed by atoms with Gasteiger partial charge >= 0.3 is 0 Å². The number of benzene rings is 2. The largest absolute Gasteiger partial charge is 0.354 e. The molecule has 2 aromatic carbocycles. The highest BCUT2D eigenvalue weighted by atomic mass is 16.2. The van der Waals surface area contributed by atoms with Crippen LogP contribution in [0.15, 0.2) is 77.6 Å². The molecule has 5 nitrogen and oxygen atoms in total. The number of aromatic nitrogens is 2. The molecule has 154 valence electrons. The van der Waals surface area contributed by atoms with E-state index in [1.165, 1.54) is 21.9 Å². The molecule has 1 N–H and O–H groups in total. The average molecular weight is 402 g/mol. The van der Waals surface area contributed by atoms with Crippen molar-refractivity contribution < 1.29 is 4.79 Å². The first-order valence-electron chi connectivity index (χ1n) is 10.6. The van der Waals surface area contributed by atoms with Gasteiger partial charge in [0.1, 0.15) is 6.04 Å². The zero-order chi connectivity index (χ0) is 20.9. The van der Waals surface area contributed by atoms with E-state index in [0.717, 1.165) is 25.0 Å². The molecule has 1 unspecified atom stereocenters. The predicted octanol–water partition coefficient (Wildman–Crippen LogP) is 4.02. The second-order valence-electron chi connectivity index (χ2n) is 7.94. The van der Waals surface area contributed by atoms with E-state index in [9.17, 15) is 9.59 Å². The lowest BCUT2D eigenvalue weighted by Gasteiger charge is -2.20. The Balaban J connectivity index is 1.42. The van der Waals surface area contributed by atoms with Gasteiger partial charge in [-0.05, 0) is 43.4 Å². The Morgan fingerprint density at radius 2 is 1.60 bits per heavy atom. The number of carbonyl (C=O) groups is 1. The predicted molar refractivity (Wildman–Crippen MR) is 118 cm³/mol. The molecule has 30 heavy (non-hydrogen) atoms. The van der Waals surface area contributed by atoms with Crippen LogP contribution in [0.3, 0.4) is 0 Å². The lowest BCUT2D eigenvalue weighted by atomic mass is 9.88. The summed E-state index contributed by atoms with van der Waals surface area (Å²) in [5.41, 5.74) is 3.11. The molecule has 1 aliphatic rings. The molecule has 0 radical (unpaired) electrons. The van der Waals surface area contributed by atoms with E-state index < -0.39 is 6.04 Å². The molecule has 1 aromatic heterocycles. The number of nitrogens with one attached hydrogen (secondary N) is 1. The van der Waals surface area contributed by atoms with Crippen molar-refractivity contribution >= 4 is 5.91 Å². The second-order valence-corrected chi connectivity index (χ2v) is 7.94. The van der Waals surface area contributed by atoms with Crippen molar-refractivity contribution in [2.75, 3.05) is 6.54 Å². The Labute approximate surface area is 176 Å². The molecule has 1 heterocycles. The van der Waals surface area contributed by atoms with Crippen molar-refractivity contribution in [1.29, 1.82) is 0 Å². The molecular weight excluding hydrogens is 374 g/mol. The van der Waals surface area contributed by atoms with Crippen LogP contribution in [0.4, 0.5) is 0 Å². The summed E-state index contributed by atoms with van der Waals surface area (Å²) in [5, 5.41) is 7.44. The summed E-state index contributed by atoms with van der Waals surface area (Å²) >= 11 is 0. The van der Waals surface area contributed by atoms with Crippen molar-refractivity contribution in [3.8, 4) is 0 Å². The second kappa shape index (κ2) is 9.08. The van der Waals surface area contributed by atoms with Gasteiger partial charge in [-0.15, -0.1) is 0 Å². The van der Waals surface area contributed by atoms with Gasteiger partial charge in [-0.2, -0.15) is 5.10 Å². The maximum atomic E-state index is 12.7. The lowest BCUT2D eigenvalue weighted by molar-refractivity contribution is -0.124. The summed E-state index contributed by atoms with van der Waals surface area (Å²) < 4.78 is 1.31. The van der Waals surface area contributed by atoms with Gasteiger partial charge in [0.05, 0.1) is 5.69 Å². The summed E-state index contributed by atoms with van der Waals surface area (Å²) in [5.74, 6) is 0.448. The van der Waals surface area contributed by atoms with Crippen LogP contribution in [0.5, 0.6) is 0 Å². The van der Waals surface area contributed by atoms with Crippen LogP contribution >= 0.6 is 0 Å². The summed E-state index contributed by atoms with van der Waals surface area (Å²) in [6, 6.07) is 23.3. The molecule has 0 bridgehead atoms. The van der Waals surface area contributed by atoms with Crippen LogP contribution in [-0.2, 0) is 4.79 Å². The summed E-state index contributed by atoms with van der Waals surface area (Å²) in [4.78, 5) is 25.0. The fourth-order valence-electron chi connectivity index (χ4n) is 3.81. The highest BCUT2D eigenvalue weighted by Crippen LogP contribution is 2.38. The number of rotatable bonds is 8. The van der Waals surface area contributed by atoms with E-state index in [4.69, 9.17) is 0 Å². The van der Waals surface area contributed by atoms with Gasteiger partial charge in [0.15, 0.2) is 0 Å².